The van der Waals surface area contributed by atoms with Crippen molar-refractivity contribution in [2.75, 3.05) is 26.3 Å². The van der Waals surface area contributed by atoms with Crippen LogP contribution in [0.15, 0.2) is 53.3 Å². The molecular weight excluding hydrogens is 280 g/mol. The highest BCUT2D eigenvalue weighted by atomic mass is 16.5. The number of morpholine rings is 1. The maximum Gasteiger partial charge on any atom is 0.335 e. The molecule has 0 unspecified atom stereocenters. The van der Waals surface area contributed by atoms with E-state index in [0.29, 0.717) is 0 Å². The van der Waals surface area contributed by atoms with Crippen LogP contribution >= 0.6 is 0 Å². The van der Waals surface area contributed by atoms with Crippen molar-refractivity contribution in [1.82, 2.24) is 4.90 Å². The van der Waals surface area contributed by atoms with Crippen molar-refractivity contribution >= 4 is 11.7 Å². The number of rotatable bonds is 3. The number of nitrogens with zero attached hydrogens (tertiary/aromatic N) is 2. The first-order chi connectivity index (χ1) is 10.7. The molecule has 0 spiro atoms. The fraction of sp³-hybridized carbons (Fsp3) is 0.294. The highest BCUT2D eigenvalue weighted by molar-refractivity contribution is 6.03. The normalized spacial score (nSPS) is 18.5. The van der Waals surface area contributed by atoms with Crippen LogP contribution in [0.25, 0.3) is 0 Å². The molecule has 2 aliphatic heterocycles. The van der Waals surface area contributed by atoms with Gasteiger partial charge in [-0.1, -0.05) is 24.3 Å². The first-order valence-electron chi connectivity index (χ1n) is 7.35. The van der Waals surface area contributed by atoms with Gasteiger partial charge in [0, 0.05) is 19.5 Å². The van der Waals surface area contributed by atoms with Gasteiger partial charge in [0.2, 0.25) is 0 Å². The lowest BCUT2D eigenvalue weighted by molar-refractivity contribution is 0.0532. The number of carboxylic acid groups (broad SMARTS) is 1. The molecule has 3 rings (SSSR count). The number of carbonyl (C=O) groups is 1. The standard InChI is InChI=1S/C17H18N2O3/c20-17(21)14-7-5-13(6-8-14)15-3-1-2-4-16(18-15)19-9-11-22-12-10-19/h1-2,4-8H,3,9-12H2,(H,20,21). The maximum absolute atomic E-state index is 10.9. The molecule has 1 N–H and O–H groups in total. The van der Waals surface area contributed by atoms with E-state index in [1.165, 1.54) is 0 Å². The minimum absolute atomic E-state index is 0.289. The number of hydrogen-bond acceptors (Lipinski definition) is 4. The minimum atomic E-state index is -0.914. The molecule has 0 atom stereocenters. The number of aliphatic imine (C=N–C) groups is 1. The summed E-state index contributed by atoms with van der Waals surface area (Å²) < 4.78 is 5.38. The number of carboxylic acids is 1. The van der Waals surface area contributed by atoms with Gasteiger partial charge in [-0.2, -0.15) is 0 Å². The van der Waals surface area contributed by atoms with E-state index in [1.807, 2.05) is 24.3 Å². The fourth-order valence-electron chi connectivity index (χ4n) is 2.51. The summed E-state index contributed by atoms with van der Waals surface area (Å²) in [5.74, 6) is 0.0255. The third-order valence-corrected chi connectivity index (χ3v) is 3.74. The van der Waals surface area contributed by atoms with Crippen molar-refractivity contribution < 1.29 is 14.6 Å². The molecule has 2 heterocycles. The number of benzene rings is 1. The van der Waals surface area contributed by atoms with Crippen LogP contribution in [0, 0.1) is 0 Å². The summed E-state index contributed by atoms with van der Waals surface area (Å²) in [6.45, 7) is 3.13. The van der Waals surface area contributed by atoms with E-state index in [0.717, 1.165) is 49.8 Å². The van der Waals surface area contributed by atoms with Crippen LogP contribution in [0.1, 0.15) is 22.3 Å². The van der Waals surface area contributed by atoms with Gasteiger partial charge < -0.3 is 14.7 Å². The summed E-state index contributed by atoms with van der Waals surface area (Å²) in [4.78, 5) is 17.9. The van der Waals surface area contributed by atoms with Crippen LogP contribution in [0.3, 0.4) is 0 Å². The lowest BCUT2D eigenvalue weighted by Gasteiger charge is -2.28. The highest BCUT2D eigenvalue weighted by Crippen LogP contribution is 2.17. The van der Waals surface area contributed by atoms with Gasteiger partial charge in [0.1, 0.15) is 5.82 Å². The highest BCUT2D eigenvalue weighted by Gasteiger charge is 2.15. The van der Waals surface area contributed by atoms with Crippen molar-refractivity contribution in [3.63, 3.8) is 0 Å². The number of hydrogen-bond donors (Lipinski definition) is 1. The molecule has 0 bridgehead atoms. The monoisotopic (exact) mass is 298 g/mol. The lowest BCUT2D eigenvalue weighted by atomic mass is 10.1. The number of allylic oxidation sites excluding steroid dienone is 3. The van der Waals surface area contributed by atoms with Gasteiger partial charge in [0.15, 0.2) is 0 Å². The van der Waals surface area contributed by atoms with Crippen LogP contribution in [-0.2, 0) is 4.74 Å². The second-order valence-corrected chi connectivity index (χ2v) is 5.20. The Labute approximate surface area is 129 Å². The largest absolute Gasteiger partial charge is 0.478 e. The van der Waals surface area contributed by atoms with Gasteiger partial charge >= 0.3 is 5.97 Å². The Bertz CT molecular complexity index is 638. The zero-order valence-corrected chi connectivity index (χ0v) is 12.2. The molecule has 22 heavy (non-hydrogen) atoms. The first kappa shape index (κ1) is 14.5. The van der Waals surface area contributed by atoms with E-state index in [4.69, 9.17) is 14.8 Å². The Morgan fingerprint density at radius 2 is 1.91 bits per heavy atom. The predicted octanol–water partition coefficient (Wildman–Crippen LogP) is 2.31. The number of aromatic carboxylic acids is 1. The summed E-state index contributed by atoms with van der Waals surface area (Å²) in [5.41, 5.74) is 2.19. The number of ether oxygens (including phenoxy) is 1. The molecule has 5 heteroatoms. The molecule has 0 saturated carbocycles. The van der Waals surface area contributed by atoms with Crippen LogP contribution in [0.5, 0.6) is 0 Å². The fourth-order valence-corrected chi connectivity index (χ4v) is 2.51. The molecule has 114 valence electrons. The van der Waals surface area contributed by atoms with E-state index in [1.54, 1.807) is 12.1 Å². The summed E-state index contributed by atoms with van der Waals surface area (Å²) >= 11 is 0. The van der Waals surface area contributed by atoms with Gasteiger partial charge in [-0.25, -0.2) is 9.79 Å². The van der Waals surface area contributed by atoms with Gasteiger partial charge in [-0.3, -0.25) is 0 Å². The zero-order valence-electron chi connectivity index (χ0n) is 12.2. The molecule has 2 aliphatic rings. The Kier molecular flexibility index (Phi) is 4.34. The second kappa shape index (κ2) is 6.58. The summed E-state index contributed by atoms with van der Waals surface area (Å²) in [6.07, 6.45) is 6.84. The van der Waals surface area contributed by atoms with Gasteiger partial charge in [-0.05, 0) is 23.8 Å². The molecular formula is C17H18N2O3. The van der Waals surface area contributed by atoms with E-state index in [9.17, 15) is 4.79 Å². The Balaban J connectivity index is 1.85. The van der Waals surface area contributed by atoms with E-state index >= 15 is 0 Å². The van der Waals surface area contributed by atoms with E-state index < -0.39 is 5.97 Å². The van der Waals surface area contributed by atoms with Crippen LogP contribution < -0.4 is 0 Å². The van der Waals surface area contributed by atoms with Crippen molar-refractivity contribution in [3.8, 4) is 0 Å². The summed E-state index contributed by atoms with van der Waals surface area (Å²) in [5, 5.41) is 8.97. The van der Waals surface area contributed by atoms with E-state index in [2.05, 4.69) is 11.0 Å². The quantitative estimate of drug-likeness (QED) is 0.930. The van der Waals surface area contributed by atoms with Gasteiger partial charge in [0.05, 0.1) is 24.5 Å². The van der Waals surface area contributed by atoms with Crippen LogP contribution in [-0.4, -0.2) is 48.0 Å². The minimum Gasteiger partial charge on any atom is -0.478 e. The Hall–Kier alpha value is -2.40. The average Bonchev–Trinajstić information content (AvgIpc) is 2.82. The molecule has 1 aromatic carbocycles. The molecule has 1 saturated heterocycles. The SMILES string of the molecule is O=C(O)c1ccc(C2=NC(N3CCOCC3)=CC=CC2)cc1. The lowest BCUT2D eigenvalue weighted by Crippen LogP contribution is -2.35. The zero-order chi connectivity index (χ0) is 15.4. The van der Waals surface area contributed by atoms with Crippen molar-refractivity contribution in [3.05, 3.63) is 59.4 Å². The van der Waals surface area contributed by atoms with Gasteiger partial charge in [0.25, 0.3) is 0 Å². The first-order valence-corrected chi connectivity index (χ1v) is 7.35. The third kappa shape index (κ3) is 3.26. The molecule has 1 aromatic rings. The average molecular weight is 298 g/mol. The van der Waals surface area contributed by atoms with Gasteiger partial charge in [-0.15, -0.1) is 0 Å². The summed E-state index contributed by atoms with van der Waals surface area (Å²) in [7, 11) is 0. The molecule has 5 nitrogen and oxygen atoms in total. The topological polar surface area (TPSA) is 62.1 Å². The predicted molar refractivity (Wildman–Crippen MR) is 84.2 cm³/mol. The second-order valence-electron chi connectivity index (χ2n) is 5.20. The van der Waals surface area contributed by atoms with Crippen molar-refractivity contribution in [2.45, 2.75) is 6.42 Å². The Morgan fingerprint density at radius 3 is 2.59 bits per heavy atom. The Morgan fingerprint density at radius 1 is 1.18 bits per heavy atom. The van der Waals surface area contributed by atoms with Crippen LogP contribution in [0.2, 0.25) is 0 Å². The third-order valence-electron chi connectivity index (χ3n) is 3.74. The van der Waals surface area contributed by atoms with Crippen molar-refractivity contribution in [2.24, 2.45) is 4.99 Å². The molecule has 0 aromatic heterocycles. The molecule has 0 amide bonds. The van der Waals surface area contributed by atoms with E-state index in [-0.39, 0.29) is 5.56 Å². The molecule has 0 radical (unpaired) electrons. The summed E-state index contributed by atoms with van der Waals surface area (Å²) in [6, 6.07) is 6.87. The molecule has 0 aliphatic carbocycles. The smallest absolute Gasteiger partial charge is 0.335 e. The maximum atomic E-state index is 10.9. The molecule has 1 fully saturated rings. The van der Waals surface area contributed by atoms with Crippen molar-refractivity contribution in [1.29, 1.82) is 0 Å². The van der Waals surface area contributed by atoms with Crippen LogP contribution in [0.4, 0.5) is 0 Å².